The van der Waals surface area contributed by atoms with Gasteiger partial charge in [-0.2, -0.15) is 23.5 Å². The molecule has 0 radical (unpaired) electrons. The number of fused-ring (bicyclic) bond motifs is 1. The number of pyridine rings is 1. The van der Waals surface area contributed by atoms with Crippen LogP contribution in [-0.4, -0.2) is 62.1 Å². The van der Waals surface area contributed by atoms with Gasteiger partial charge in [-0.1, -0.05) is 6.07 Å². The molecule has 2 aromatic heterocycles. The molecule has 2 aliphatic heterocycles. The van der Waals surface area contributed by atoms with Gasteiger partial charge < -0.3 is 15.4 Å². The topological polar surface area (TPSA) is 130 Å². The Morgan fingerprint density at radius 3 is 2.60 bits per heavy atom. The van der Waals surface area contributed by atoms with Crippen molar-refractivity contribution in [2.45, 2.75) is 57.5 Å². The maximum atomic E-state index is 15.0. The van der Waals surface area contributed by atoms with Crippen LogP contribution in [0.25, 0.3) is 16.9 Å². The average molecular weight is 586 g/mol. The van der Waals surface area contributed by atoms with Gasteiger partial charge in [-0.3, -0.25) is 4.79 Å². The number of carbonyl (C=O) groups excluding carboxylic acids is 2. The fourth-order valence-corrected chi connectivity index (χ4v) is 5.07. The molecular formula is C28H27F4N7O3. The zero-order chi connectivity index (χ0) is 30.6. The highest BCUT2D eigenvalue weighted by Crippen LogP contribution is 2.38. The van der Waals surface area contributed by atoms with Crippen molar-refractivity contribution in [3.8, 4) is 23.0 Å². The fraction of sp³-hybridized carbons (Fsp3) is 0.393. The molecule has 1 fully saturated rings. The van der Waals surface area contributed by atoms with Gasteiger partial charge in [-0.15, -0.1) is 0 Å². The number of alkyl halides is 3. The highest BCUT2D eigenvalue weighted by molar-refractivity contribution is 6.08. The number of benzene rings is 1. The van der Waals surface area contributed by atoms with E-state index in [0.29, 0.717) is 0 Å². The van der Waals surface area contributed by atoms with Gasteiger partial charge >= 0.3 is 12.3 Å². The SMILES string of the molecule is CC(C)(C)OC(=O)N1Cc2nc(-c3c(F)cccc3C#N)cc(-n3ccc(N4CCC[C@@](N)(C(F)(F)F)C4)n3)c2C1=O. The largest absolute Gasteiger partial charge is 0.443 e. The zero-order valence-electron chi connectivity index (χ0n) is 23.0. The van der Waals surface area contributed by atoms with Gasteiger partial charge in [0.15, 0.2) is 5.82 Å². The van der Waals surface area contributed by atoms with E-state index < -0.39 is 41.7 Å². The third-order valence-corrected chi connectivity index (χ3v) is 7.08. The highest BCUT2D eigenvalue weighted by Gasteiger charge is 2.54. The van der Waals surface area contributed by atoms with Crippen molar-refractivity contribution in [2.24, 2.45) is 5.73 Å². The van der Waals surface area contributed by atoms with Gasteiger partial charge in [0.1, 0.15) is 17.0 Å². The monoisotopic (exact) mass is 585 g/mol. The average Bonchev–Trinajstić information content (AvgIpc) is 3.52. The van der Waals surface area contributed by atoms with Crippen molar-refractivity contribution >= 4 is 17.8 Å². The van der Waals surface area contributed by atoms with E-state index >= 15 is 4.39 Å². The standard InChI is InChI=1S/C28H27F4N7O3/c1-26(2,3)42-25(41)38-14-19-23(24(38)40)20(12-18(35-19)22-16(13-33)6-4-7-17(22)29)39-11-8-21(36-39)37-10-5-9-27(34,15-37)28(30,31)32/h4,6-8,11-12H,5,9-10,14-15,34H2,1-3H3/t27-/m0/s1. The number of nitrogens with zero attached hydrogens (tertiary/aromatic N) is 6. The smallest absolute Gasteiger partial charge is 0.417 e. The van der Waals surface area contributed by atoms with Crippen LogP contribution in [0.15, 0.2) is 36.5 Å². The van der Waals surface area contributed by atoms with Crippen LogP contribution in [0.1, 0.15) is 55.2 Å². The van der Waals surface area contributed by atoms with Crippen LogP contribution in [-0.2, 0) is 11.3 Å². The van der Waals surface area contributed by atoms with Gasteiger partial charge in [0.05, 0.1) is 46.4 Å². The summed E-state index contributed by atoms with van der Waals surface area (Å²) in [6, 6.07) is 8.69. The first-order chi connectivity index (χ1) is 19.6. The van der Waals surface area contributed by atoms with Gasteiger partial charge in [-0.05, 0) is 51.8 Å². The molecule has 2 amide bonds. The number of anilines is 1. The molecule has 42 heavy (non-hydrogen) atoms. The molecule has 0 aliphatic carbocycles. The van der Waals surface area contributed by atoms with Crippen molar-refractivity contribution in [1.29, 1.82) is 5.26 Å². The van der Waals surface area contributed by atoms with Crippen LogP contribution >= 0.6 is 0 Å². The van der Waals surface area contributed by atoms with E-state index in [-0.39, 0.29) is 65.5 Å². The van der Waals surface area contributed by atoms with E-state index in [4.69, 9.17) is 10.5 Å². The molecule has 1 aromatic carbocycles. The number of ether oxygens (including phenoxy) is 1. The molecule has 3 aromatic rings. The summed E-state index contributed by atoms with van der Waals surface area (Å²) in [5, 5.41) is 14.1. The molecular weight excluding hydrogens is 558 g/mol. The number of nitriles is 1. The summed E-state index contributed by atoms with van der Waals surface area (Å²) >= 11 is 0. The van der Waals surface area contributed by atoms with Crippen LogP contribution < -0.4 is 10.6 Å². The van der Waals surface area contributed by atoms with E-state index in [2.05, 4.69) is 10.1 Å². The van der Waals surface area contributed by atoms with Gasteiger partial charge in [0.25, 0.3) is 5.91 Å². The summed E-state index contributed by atoms with van der Waals surface area (Å²) in [6.07, 6.45) is -4.14. The van der Waals surface area contributed by atoms with Crippen LogP contribution in [0.2, 0.25) is 0 Å². The Morgan fingerprint density at radius 2 is 1.93 bits per heavy atom. The first-order valence-electron chi connectivity index (χ1n) is 13.1. The Morgan fingerprint density at radius 1 is 1.19 bits per heavy atom. The van der Waals surface area contributed by atoms with Gasteiger partial charge in [0, 0.05) is 25.4 Å². The van der Waals surface area contributed by atoms with Gasteiger partial charge in [-0.25, -0.2) is 23.8 Å². The first kappa shape index (κ1) is 29.0. The zero-order valence-corrected chi connectivity index (χ0v) is 23.0. The van der Waals surface area contributed by atoms with Crippen molar-refractivity contribution in [1.82, 2.24) is 19.7 Å². The molecule has 0 spiro atoms. The number of amides is 2. The molecule has 0 bridgehead atoms. The lowest BCUT2D eigenvalue weighted by atomic mass is 9.89. The Hall–Kier alpha value is -4.51. The number of aromatic nitrogens is 3. The maximum absolute atomic E-state index is 15.0. The number of nitrogens with two attached hydrogens (primary N) is 1. The van der Waals surface area contributed by atoms with Crippen LogP contribution in [0.5, 0.6) is 0 Å². The summed E-state index contributed by atoms with van der Waals surface area (Å²) in [7, 11) is 0. The molecule has 4 heterocycles. The Balaban J connectivity index is 1.61. The van der Waals surface area contributed by atoms with Crippen molar-refractivity contribution in [3.63, 3.8) is 0 Å². The van der Waals surface area contributed by atoms with Crippen molar-refractivity contribution < 1.29 is 31.9 Å². The molecule has 2 N–H and O–H groups in total. The number of hydrogen-bond donors (Lipinski definition) is 1. The predicted octanol–water partition coefficient (Wildman–Crippen LogP) is 4.70. The number of halogens is 4. The highest BCUT2D eigenvalue weighted by atomic mass is 19.4. The Bertz CT molecular complexity index is 1620. The second-order valence-corrected chi connectivity index (χ2v) is 11.3. The Labute approximate surface area is 238 Å². The molecule has 1 atom stereocenters. The van der Waals surface area contributed by atoms with Crippen LogP contribution in [0.4, 0.5) is 28.2 Å². The first-order valence-corrected chi connectivity index (χ1v) is 13.1. The maximum Gasteiger partial charge on any atom is 0.417 e. The lowest BCUT2D eigenvalue weighted by Gasteiger charge is -2.41. The molecule has 1 saturated heterocycles. The van der Waals surface area contributed by atoms with E-state index in [0.717, 1.165) is 11.0 Å². The molecule has 0 unspecified atom stereocenters. The number of hydrogen-bond acceptors (Lipinski definition) is 8. The molecule has 220 valence electrons. The van der Waals surface area contributed by atoms with Crippen molar-refractivity contribution in [2.75, 3.05) is 18.0 Å². The molecule has 0 saturated carbocycles. The number of rotatable bonds is 3. The molecule has 5 rings (SSSR count). The minimum absolute atomic E-state index is 0.00491. The lowest BCUT2D eigenvalue weighted by Crippen LogP contribution is -2.63. The normalized spacial score (nSPS) is 19.1. The van der Waals surface area contributed by atoms with E-state index in [9.17, 15) is 28.0 Å². The minimum atomic E-state index is -4.62. The number of piperidine rings is 1. The summed E-state index contributed by atoms with van der Waals surface area (Å²) in [5.74, 6) is -1.30. The number of imide groups is 1. The van der Waals surface area contributed by atoms with Crippen LogP contribution in [0.3, 0.4) is 0 Å². The summed E-state index contributed by atoms with van der Waals surface area (Å²) in [4.78, 5) is 33.1. The molecule has 14 heteroatoms. The van der Waals surface area contributed by atoms with E-state index in [1.54, 1.807) is 20.8 Å². The summed E-state index contributed by atoms with van der Waals surface area (Å²) in [5.41, 5.74) is 2.47. The molecule has 10 nitrogen and oxygen atoms in total. The van der Waals surface area contributed by atoms with Gasteiger partial charge in [0.2, 0.25) is 0 Å². The second kappa shape index (κ2) is 10.1. The summed E-state index contributed by atoms with van der Waals surface area (Å²) in [6.45, 7) is 4.40. The van der Waals surface area contributed by atoms with E-state index in [1.165, 1.54) is 40.0 Å². The minimum Gasteiger partial charge on any atom is -0.443 e. The van der Waals surface area contributed by atoms with E-state index in [1.807, 2.05) is 6.07 Å². The second-order valence-electron chi connectivity index (χ2n) is 11.3. The predicted molar refractivity (Wildman–Crippen MR) is 142 cm³/mol. The molecule has 2 aliphatic rings. The lowest BCUT2D eigenvalue weighted by molar-refractivity contribution is -0.187. The Kier molecular flexibility index (Phi) is 6.97. The van der Waals surface area contributed by atoms with Crippen LogP contribution in [0, 0.1) is 17.1 Å². The third kappa shape index (κ3) is 5.16. The number of carbonyl (C=O) groups is 2. The quantitative estimate of drug-likeness (QED) is 0.438. The third-order valence-electron chi connectivity index (χ3n) is 7.08. The fourth-order valence-electron chi connectivity index (χ4n) is 5.07. The van der Waals surface area contributed by atoms with Crippen molar-refractivity contribution in [3.05, 3.63) is 59.2 Å². The summed E-state index contributed by atoms with van der Waals surface area (Å²) < 4.78 is 62.6.